The first kappa shape index (κ1) is 8.66. The zero-order valence-electron chi connectivity index (χ0n) is 6.87. The Morgan fingerprint density at radius 3 is 2.77 bits per heavy atom. The Balaban J connectivity index is 2.74. The minimum Gasteiger partial charge on any atom is -0.302 e. The van der Waals surface area contributed by atoms with Crippen LogP contribution in [-0.4, -0.2) is 22.8 Å². The molecule has 1 amide bonds. The molecule has 0 saturated carbocycles. The van der Waals surface area contributed by atoms with Crippen molar-refractivity contribution in [1.29, 1.82) is 0 Å². The molecule has 1 heterocycles. The van der Waals surface area contributed by atoms with Gasteiger partial charge in [-0.2, -0.15) is 0 Å². The van der Waals surface area contributed by atoms with Crippen LogP contribution in [-0.2, 0) is 0 Å². The number of fused-ring (bicyclic) bond motifs is 1. The second-order valence-electron chi connectivity index (χ2n) is 2.83. The lowest BCUT2D eigenvalue weighted by atomic mass is 10.1. The topological polar surface area (TPSA) is 20.3 Å². The van der Waals surface area contributed by atoms with Crippen LogP contribution in [0.3, 0.4) is 0 Å². The van der Waals surface area contributed by atoms with Gasteiger partial charge in [0.2, 0.25) is 0 Å². The fourth-order valence-corrected chi connectivity index (χ4v) is 1.87. The monoisotopic (exact) mass is 211 g/mol. The van der Waals surface area contributed by atoms with E-state index in [1.165, 1.54) is 4.90 Å². The Bertz CT molecular complexity index is 416. The van der Waals surface area contributed by atoms with E-state index in [1.807, 2.05) is 6.07 Å². The molecule has 0 spiro atoms. The SMILES string of the molecule is CN1C(=O)c2c(Cl)cccc2C1=S. The standard InChI is InChI=1S/C9H6ClNOS/c1-11-8(12)7-5(9(11)13)3-2-4-6(7)10/h2-4H,1H3. The smallest absolute Gasteiger partial charge is 0.260 e. The first-order valence-electron chi connectivity index (χ1n) is 3.74. The van der Waals surface area contributed by atoms with Crippen molar-refractivity contribution < 1.29 is 4.79 Å². The van der Waals surface area contributed by atoms with Gasteiger partial charge in [-0.3, -0.25) is 4.79 Å². The molecule has 0 saturated heterocycles. The maximum Gasteiger partial charge on any atom is 0.260 e. The van der Waals surface area contributed by atoms with E-state index in [2.05, 4.69) is 0 Å². The van der Waals surface area contributed by atoms with Crippen molar-refractivity contribution in [3.63, 3.8) is 0 Å². The van der Waals surface area contributed by atoms with Gasteiger partial charge in [0, 0.05) is 12.6 Å². The molecule has 0 atom stereocenters. The lowest BCUT2D eigenvalue weighted by Crippen LogP contribution is -2.23. The molecule has 66 valence electrons. The van der Waals surface area contributed by atoms with E-state index >= 15 is 0 Å². The molecular formula is C9H6ClNOS. The molecule has 1 aromatic carbocycles. The van der Waals surface area contributed by atoms with Gasteiger partial charge in [0.1, 0.15) is 4.99 Å². The number of halogens is 1. The Hall–Kier alpha value is -0.930. The van der Waals surface area contributed by atoms with Crippen LogP contribution in [0, 0.1) is 0 Å². The van der Waals surface area contributed by atoms with Crippen LogP contribution in [0.15, 0.2) is 18.2 Å². The van der Waals surface area contributed by atoms with Gasteiger partial charge in [0.15, 0.2) is 0 Å². The van der Waals surface area contributed by atoms with Crippen molar-refractivity contribution in [1.82, 2.24) is 4.90 Å². The molecule has 0 fully saturated rings. The third-order valence-electron chi connectivity index (χ3n) is 2.07. The summed E-state index contributed by atoms with van der Waals surface area (Å²) in [7, 11) is 1.65. The van der Waals surface area contributed by atoms with Crippen molar-refractivity contribution in [3.05, 3.63) is 34.3 Å². The zero-order chi connectivity index (χ0) is 9.59. The van der Waals surface area contributed by atoms with Crippen molar-refractivity contribution in [3.8, 4) is 0 Å². The highest BCUT2D eigenvalue weighted by molar-refractivity contribution is 7.80. The highest BCUT2D eigenvalue weighted by Gasteiger charge is 2.31. The molecule has 0 aliphatic carbocycles. The van der Waals surface area contributed by atoms with Crippen LogP contribution in [0.5, 0.6) is 0 Å². The first-order valence-corrected chi connectivity index (χ1v) is 4.52. The normalized spacial score (nSPS) is 15.1. The van der Waals surface area contributed by atoms with E-state index in [0.29, 0.717) is 15.6 Å². The number of thiocarbonyl (C=S) groups is 1. The van der Waals surface area contributed by atoms with E-state index in [1.54, 1.807) is 19.2 Å². The van der Waals surface area contributed by atoms with Gasteiger partial charge in [0.05, 0.1) is 10.6 Å². The molecule has 1 aromatic rings. The Labute approximate surface area is 86.1 Å². The second kappa shape index (κ2) is 2.79. The third-order valence-corrected chi connectivity index (χ3v) is 2.88. The molecule has 1 aliphatic rings. The van der Waals surface area contributed by atoms with Crippen LogP contribution in [0.1, 0.15) is 15.9 Å². The van der Waals surface area contributed by atoms with Gasteiger partial charge >= 0.3 is 0 Å². The molecule has 2 rings (SSSR count). The Morgan fingerprint density at radius 2 is 2.15 bits per heavy atom. The highest BCUT2D eigenvalue weighted by atomic mass is 35.5. The number of nitrogens with zero attached hydrogens (tertiary/aromatic N) is 1. The number of rotatable bonds is 0. The number of hydrogen-bond acceptors (Lipinski definition) is 2. The van der Waals surface area contributed by atoms with E-state index in [0.717, 1.165) is 5.56 Å². The minimum atomic E-state index is -0.120. The van der Waals surface area contributed by atoms with Crippen molar-refractivity contribution in [2.75, 3.05) is 7.05 Å². The summed E-state index contributed by atoms with van der Waals surface area (Å²) in [5, 5.41) is 0.467. The number of amides is 1. The zero-order valence-corrected chi connectivity index (χ0v) is 8.45. The number of hydrogen-bond donors (Lipinski definition) is 0. The first-order chi connectivity index (χ1) is 6.13. The lowest BCUT2D eigenvalue weighted by Gasteiger charge is -2.05. The maximum absolute atomic E-state index is 11.6. The predicted molar refractivity (Wildman–Crippen MR) is 55.2 cm³/mol. The molecular weight excluding hydrogens is 206 g/mol. The number of carbonyl (C=O) groups is 1. The number of benzene rings is 1. The average Bonchev–Trinajstić information content (AvgIpc) is 2.33. The van der Waals surface area contributed by atoms with E-state index in [9.17, 15) is 4.79 Å². The summed E-state index contributed by atoms with van der Waals surface area (Å²) in [5.41, 5.74) is 1.28. The lowest BCUT2D eigenvalue weighted by molar-refractivity contribution is 0.0884. The Morgan fingerprint density at radius 1 is 1.46 bits per heavy atom. The van der Waals surface area contributed by atoms with Gasteiger partial charge in [0.25, 0.3) is 5.91 Å². The van der Waals surface area contributed by atoms with Gasteiger partial charge < -0.3 is 4.90 Å². The molecule has 1 aliphatic heterocycles. The van der Waals surface area contributed by atoms with Gasteiger partial charge in [-0.05, 0) is 6.07 Å². The second-order valence-corrected chi connectivity index (χ2v) is 3.63. The van der Waals surface area contributed by atoms with Crippen LogP contribution < -0.4 is 0 Å². The third kappa shape index (κ3) is 1.08. The van der Waals surface area contributed by atoms with E-state index in [-0.39, 0.29) is 5.91 Å². The molecule has 0 N–H and O–H groups in total. The summed E-state index contributed by atoms with van der Waals surface area (Å²) in [6, 6.07) is 5.30. The van der Waals surface area contributed by atoms with Crippen molar-refractivity contribution >= 4 is 34.7 Å². The van der Waals surface area contributed by atoms with Crippen LogP contribution in [0.2, 0.25) is 5.02 Å². The fraction of sp³-hybridized carbons (Fsp3) is 0.111. The molecule has 0 unspecified atom stereocenters. The molecule has 0 radical (unpaired) electrons. The quantitative estimate of drug-likeness (QED) is 0.613. The van der Waals surface area contributed by atoms with Gasteiger partial charge in [-0.25, -0.2) is 0 Å². The molecule has 0 aromatic heterocycles. The average molecular weight is 212 g/mol. The molecule has 2 nitrogen and oxygen atoms in total. The molecule has 4 heteroatoms. The fourth-order valence-electron chi connectivity index (χ4n) is 1.36. The summed E-state index contributed by atoms with van der Waals surface area (Å²) in [5.74, 6) is -0.120. The van der Waals surface area contributed by atoms with Gasteiger partial charge in [-0.15, -0.1) is 0 Å². The summed E-state index contributed by atoms with van der Waals surface area (Å²) in [4.78, 5) is 13.6. The van der Waals surface area contributed by atoms with Crippen LogP contribution in [0.25, 0.3) is 0 Å². The number of carbonyl (C=O) groups excluding carboxylic acids is 1. The Kier molecular flexibility index (Phi) is 1.86. The maximum atomic E-state index is 11.6. The summed E-state index contributed by atoms with van der Waals surface area (Å²) in [6.45, 7) is 0. The van der Waals surface area contributed by atoms with Crippen LogP contribution >= 0.6 is 23.8 Å². The van der Waals surface area contributed by atoms with Crippen molar-refractivity contribution in [2.45, 2.75) is 0 Å². The minimum absolute atomic E-state index is 0.120. The highest BCUT2D eigenvalue weighted by Crippen LogP contribution is 2.28. The van der Waals surface area contributed by atoms with Crippen molar-refractivity contribution in [2.24, 2.45) is 0 Å². The van der Waals surface area contributed by atoms with E-state index < -0.39 is 0 Å². The molecule has 13 heavy (non-hydrogen) atoms. The van der Waals surface area contributed by atoms with Gasteiger partial charge in [-0.1, -0.05) is 36.0 Å². The largest absolute Gasteiger partial charge is 0.302 e. The summed E-state index contributed by atoms with van der Waals surface area (Å²) < 4.78 is 0. The predicted octanol–water partition coefficient (Wildman–Crippen LogP) is 2.10. The summed E-state index contributed by atoms with van der Waals surface area (Å²) >= 11 is 11.0. The summed E-state index contributed by atoms with van der Waals surface area (Å²) in [6.07, 6.45) is 0. The van der Waals surface area contributed by atoms with Crippen LogP contribution in [0.4, 0.5) is 0 Å². The van der Waals surface area contributed by atoms with E-state index in [4.69, 9.17) is 23.8 Å². The molecule has 0 bridgehead atoms.